The molecule has 0 spiro atoms. The van der Waals surface area contributed by atoms with E-state index in [2.05, 4.69) is 11.9 Å². The molecule has 29 heavy (non-hydrogen) atoms. The third kappa shape index (κ3) is 3.87. The molecule has 2 heterocycles. The number of nitriles is 1. The van der Waals surface area contributed by atoms with Crippen LogP contribution in [-0.2, 0) is 15.1 Å². The van der Waals surface area contributed by atoms with Crippen molar-refractivity contribution in [1.29, 1.82) is 5.26 Å². The van der Waals surface area contributed by atoms with Gasteiger partial charge in [-0.3, -0.25) is 5.32 Å². The molecule has 1 aliphatic rings. The fourth-order valence-corrected chi connectivity index (χ4v) is 3.33. The van der Waals surface area contributed by atoms with Crippen LogP contribution in [0.25, 0.3) is 11.3 Å². The van der Waals surface area contributed by atoms with Crippen molar-refractivity contribution < 1.29 is 19.1 Å². The highest BCUT2D eigenvalue weighted by Gasteiger charge is 2.37. The monoisotopic (exact) mass is 393 g/mol. The summed E-state index contributed by atoms with van der Waals surface area (Å²) in [5, 5.41) is 12.1. The lowest BCUT2D eigenvalue weighted by Crippen LogP contribution is -2.36. The molecule has 0 saturated carbocycles. The topological polar surface area (TPSA) is 93.4 Å². The van der Waals surface area contributed by atoms with Crippen LogP contribution in [0.5, 0.6) is 0 Å². The summed E-state index contributed by atoms with van der Waals surface area (Å²) in [5.41, 5.74) is 1.15. The molecule has 0 saturated heterocycles. The summed E-state index contributed by atoms with van der Waals surface area (Å²) in [6.07, 6.45) is 0.947. The second kappa shape index (κ2) is 7.13. The molecule has 1 amide bonds. The molecule has 7 nitrogen and oxygen atoms in total. The molecule has 1 unspecified atom stereocenters. The maximum atomic E-state index is 12.8. The smallest absolute Gasteiger partial charge is 0.420 e. The summed E-state index contributed by atoms with van der Waals surface area (Å²) in [5.74, 6) is 0. The minimum Gasteiger partial charge on any atom is -0.443 e. The molecule has 0 radical (unpaired) electrons. The molecule has 1 aromatic carbocycles. The Bertz CT molecular complexity index is 1040. The van der Waals surface area contributed by atoms with Gasteiger partial charge in [-0.05, 0) is 57.5 Å². The predicted molar refractivity (Wildman–Crippen MR) is 108 cm³/mol. The molecule has 0 fully saturated rings. The summed E-state index contributed by atoms with van der Waals surface area (Å²) >= 11 is 0. The number of carbonyl (C=O) groups excluding carboxylic acids is 2. The average Bonchev–Trinajstić information content (AvgIpc) is 3.04. The zero-order valence-corrected chi connectivity index (χ0v) is 16.9. The van der Waals surface area contributed by atoms with Gasteiger partial charge >= 0.3 is 12.2 Å². The quantitative estimate of drug-likeness (QED) is 0.727. The van der Waals surface area contributed by atoms with Crippen LogP contribution < -0.4 is 5.32 Å². The molecule has 1 aliphatic heterocycles. The molecule has 0 aliphatic carbocycles. The number of nitrogens with one attached hydrogen (secondary N) is 1. The van der Waals surface area contributed by atoms with E-state index in [1.54, 1.807) is 51.1 Å². The van der Waals surface area contributed by atoms with Crippen molar-refractivity contribution in [2.45, 2.75) is 45.3 Å². The highest BCUT2D eigenvalue weighted by molar-refractivity contribution is 5.90. The molecule has 0 bridgehead atoms. The van der Waals surface area contributed by atoms with Crippen LogP contribution in [0.15, 0.2) is 43.0 Å². The van der Waals surface area contributed by atoms with Gasteiger partial charge in [0.1, 0.15) is 23.0 Å². The van der Waals surface area contributed by atoms with Gasteiger partial charge < -0.3 is 9.47 Å². The van der Waals surface area contributed by atoms with Gasteiger partial charge in [0, 0.05) is 12.0 Å². The van der Waals surface area contributed by atoms with Crippen LogP contribution in [0.2, 0.25) is 0 Å². The molecule has 1 aromatic heterocycles. The molecule has 1 N–H and O–H groups in total. The average molecular weight is 393 g/mol. The summed E-state index contributed by atoms with van der Waals surface area (Å²) in [6.45, 7) is 10.9. The Morgan fingerprint density at radius 2 is 2.10 bits per heavy atom. The molecule has 1 atom stereocenters. The zero-order chi connectivity index (χ0) is 21.4. The number of nitrogens with zero attached hydrogens (tertiary/aromatic N) is 2. The lowest BCUT2D eigenvalue weighted by Gasteiger charge is -2.35. The number of benzene rings is 1. The van der Waals surface area contributed by atoms with Gasteiger partial charge in [0.2, 0.25) is 0 Å². The first-order chi connectivity index (χ1) is 13.6. The van der Waals surface area contributed by atoms with E-state index in [9.17, 15) is 14.9 Å². The van der Waals surface area contributed by atoms with Crippen molar-refractivity contribution in [2.75, 3.05) is 5.32 Å². The Hall–Kier alpha value is -3.53. The lowest BCUT2D eigenvalue weighted by atomic mass is 9.88. The maximum Gasteiger partial charge on any atom is 0.420 e. The van der Waals surface area contributed by atoms with Crippen LogP contribution in [0.1, 0.15) is 45.4 Å². The number of amides is 1. The molecule has 3 rings (SSSR count). The van der Waals surface area contributed by atoms with Crippen LogP contribution in [0, 0.1) is 11.3 Å². The summed E-state index contributed by atoms with van der Waals surface area (Å²) in [6, 6.07) is 10.7. The highest BCUT2D eigenvalue weighted by Crippen LogP contribution is 2.41. The number of hydrogen-bond acceptors (Lipinski definition) is 5. The van der Waals surface area contributed by atoms with Crippen molar-refractivity contribution in [1.82, 2.24) is 4.57 Å². The van der Waals surface area contributed by atoms with Crippen LogP contribution >= 0.6 is 0 Å². The van der Waals surface area contributed by atoms with Crippen molar-refractivity contribution in [3.63, 3.8) is 0 Å². The standard InChI is InChI=1S/C22H23N3O4/c1-6-11-22(5)16-12-14(7-9-17(16)24-19(26)28-22)18-10-8-15(13-23)25(18)20(27)29-21(2,3)4/h6-10,12H,1,11H2,2-5H3,(H,24,26). The SMILES string of the molecule is C=CCC1(C)OC(=O)Nc2ccc(-c3ccc(C#N)n3C(=O)OC(C)(C)C)cc21. The third-order valence-electron chi connectivity index (χ3n) is 4.55. The van der Waals surface area contributed by atoms with Gasteiger partial charge in [-0.1, -0.05) is 12.1 Å². The predicted octanol–water partition coefficient (Wildman–Crippen LogP) is 5.16. The fraction of sp³-hybridized carbons (Fsp3) is 0.318. The largest absolute Gasteiger partial charge is 0.443 e. The molecule has 150 valence electrons. The minimum absolute atomic E-state index is 0.172. The van der Waals surface area contributed by atoms with Gasteiger partial charge in [-0.2, -0.15) is 5.26 Å². The van der Waals surface area contributed by atoms with Crippen LogP contribution in [0.4, 0.5) is 15.3 Å². The molecule has 7 heteroatoms. The van der Waals surface area contributed by atoms with Gasteiger partial charge in [-0.15, -0.1) is 6.58 Å². The number of aromatic nitrogens is 1. The Morgan fingerprint density at radius 3 is 2.72 bits per heavy atom. The van der Waals surface area contributed by atoms with Crippen molar-refractivity contribution in [3.8, 4) is 17.3 Å². The Labute approximate surface area is 169 Å². The molecular weight excluding hydrogens is 370 g/mol. The van der Waals surface area contributed by atoms with Gasteiger partial charge in [-0.25, -0.2) is 14.2 Å². The van der Waals surface area contributed by atoms with Crippen LogP contribution in [-0.4, -0.2) is 22.4 Å². The van der Waals surface area contributed by atoms with E-state index in [0.717, 1.165) is 5.56 Å². The Balaban J connectivity index is 2.13. The van der Waals surface area contributed by atoms with E-state index in [0.29, 0.717) is 23.4 Å². The second-order valence-electron chi connectivity index (χ2n) is 8.03. The number of ether oxygens (including phenoxy) is 2. The van der Waals surface area contributed by atoms with Crippen molar-refractivity contribution in [3.05, 3.63) is 54.2 Å². The van der Waals surface area contributed by atoms with Gasteiger partial charge in [0.05, 0.1) is 11.4 Å². The number of cyclic esters (lactones) is 1. The molecule has 2 aromatic rings. The van der Waals surface area contributed by atoms with Gasteiger partial charge in [0.15, 0.2) is 0 Å². The zero-order valence-electron chi connectivity index (χ0n) is 16.9. The summed E-state index contributed by atoms with van der Waals surface area (Å²) < 4.78 is 12.3. The fourth-order valence-electron chi connectivity index (χ4n) is 3.33. The second-order valence-corrected chi connectivity index (χ2v) is 8.03. The number of hydrogen-bond donors (Lipinski definition) is 1. The maximum absolute atomic E-state index is 12.8. The minimum atomic E-state index is -0.892. The van der Waals surface area contributed by atoms with E-state index >= 15 is 0 Å². The molecular formula is C22H23N3O4. The first-order valence-electron chi connectivity index (χ1n) is 9.19. The first-order valence-corrected chi connectivity index (χ1v) is 9.19. The normalized spacial score (nSPS) is 18.1. The van der Waals surface area contributed by atoms with Gasteiger partial charge in [0.25, 0.3) is 0 Å². The van der Waals surface area contributed by atoms with Crippen LogP contribution in [0.3, 0.4) is 0 Å². The Morgan fingerprint density at radius 1 is 1.38 bits per heavy atom. The number of anilines is 1. The van der Waals surface area contributed by atoms with E-state index < -0.39 is 23.4 Å². The van der Waals surface area contributed by atoms with E-state index in [1.807, 2.05) is 19.1 Å². The van der Waals surface area contributed by atoms with E-state index in [-0.39, 0.29) is 5.69 Å². The number of rotatable bonds is 3. The number of carbonyl (C=O) groups is 2. The first kappa shape index (κ1) is 20.2. The summed E-state index contributed by atoms with van der Waals surface area (Å²) in [7, 11) is 0. The lowest BCUT2D eigenvalue weighted by molar-refractivity contribution is 0.0291. The summed E-state index contributed by atoms with van der Waals surface area (Å²) in [4.78, 5) is 24.7. The van der Waals surface area contributed by atoms with Crippen molar-refractivity contribution in [2.24, 2.45) is 0 Å². The third-order valence-corrected chi connectivity index (χ3v) is 4.55. The highest BCUT2D eigenvalue weighted by atomic mass is 16.6. The van der Waals surface area contributed by atoms with E-state index in [1.165, 1.54) is 4.57 Å². The van der Waals surface area contributed by atoms with E-state index in [4.69, 9.17) is 9.47 Å². The van der Waals surface area contributed by atoms with Crippen molar-refractivity contribution >= 4 is 17.9 Å². The number of fused-ring (bicyclic) bond motifs is 1. The Kier molecular flexibility index (Phi) is 4.97.